The van der Waals surface area contributed by atoms with Crippen LogP contribution in [0, 0.1) is 0 Å². The molecule has 0 aliphatic heterocycles. The first-order chi connectivity index (χ1) is 4.97. The standard InChI is InChI=1S/C9H7N.BH4.Na/c1-2-4-9-7-10-6-5-8(9)3-1;;/h1-7H;1H4;/q;-1;+1. The van der Waals surface area contributed by atoms with Crippen LogP contribution in [0.5, 0.6) is 0 Å². The zero-order valence-corrected chi connectivity index (χ0v) is 8.49. The molecule has 0 bridgehead atoms. The third-order valence-corrected chi connectivity index (χ3v) is 1.55. The maximum absolute atomic E-state index is 4.01. The maximum atomic E-state index is 4.01. The molecular formula is C9H11BNNa. The van der Waals surface area contributed by atoms with Gasteiger partial charge in [-0.25, -0.2) is 0 Å². The number of pyridine rings is 1. The van der Waals surface area contributed by atoms with Crippen molar-refractivity contribution in [2.75, 3.05) is 0 Å². The molecule has 1 nitrogen and oxygen atoms in total. The Morgan fingerprint density at radius 2 is 1.58 bits per heavy atom. The summed E-state index contributed by atoms with van der Waals surface area (Å²) >= 11 is 0. The van der Waals surface area contributed by atoms with Crippen LogP contribution in [0.4, 0.5) is 0 Å². The Hall–Kier alpha value is -0.305. The fraction of sp³-hybridized carbons (Fsp3) is 0. The van der Waals surface area contributed by atoms with E-state index in [1.165, 1.54) is 10.8 Å². The second kappa shape index (κ2) is 5.36. The minimum absolute atomic E-state index is 0. The molecule has 56 valence electrons. The number of hydrogen-bond acceptors (Lipinski definition) is 1. The molecule has 1 aromatic heterocycles. The van der Waals surface area contributed by atoms with Gasteiger partial charge in [-0.15, -0.1) is 0 Å². The summed E-state index contributed by atoms with van der Waals surface area (Å²) in [7, 11) is 0. The van der Waals surface area contributed by atoms with Crippen LogP contribution in [0.3, 0.4) is 0 Å². The van der Waals surface area contributed by atoms with Gasteiger partial charge in [0.25, 0.3) is 0 Å². The van der Waals surface area contributed by atoms with Crippen molar-refractivity contribution in [3.05, 3.63) is 42.7 Å². The summed E-state index contributed by atoms with van der Waals surface area (Å²) in [5, 5.41) is 2.45. The third kappa shape index (κ3) is 2.34. The molecule has 0 saturated carbocycles. The van der Waals surface area contributed by atoms with Crippen LogP contribution >= 0.6 is 0 Å². The number of rotatable bonds is 0. The summed E-state index contributed by atoms with van der Waals surface area (Å²) < 4.78 is 0. The Morgan fingerprint density at radius 3 is 2.25 bits per heavy atom. The molecular weight excluding hydrogens is 156 g/mol. The van der Waals surface area contributed by atoms with E-state index in [2.05, 4.69) is 17.1 Å². The first-order valence-corrected chi connectivity index (χ1v) is 3.25. The van der Waals surface area contributed by atoms with Gasteiger partial charge in [-0.2, -0.15) is 0 Å². The summed E-state index contributed by atoms with van der Waals surface area (Å²) in [6.07, 6.45) is 3.68. The van der Waals surface area contributed by atoms with Gasteiger partial charge in [0.2, 0.25) is 0 Å². The maximum Gasteiger partial charge on any atom is 1.00 e. The van der Waals surface area contributed by atoms with E-state index in [1.807, 2.05) is 30.6 Å². The van der Waals surface area contributed by atoms with Gasteiger partial charge in [0.05, 0.1) is 0 Å². The molecule has 0 fully saturated rings. The van der Waals surface area contributed by atoms with Gasteiger partial charge in [-0.1, -0.05) is 32.7 Å². The molecule has 12 heavy (non-hydrogen) atoms. The van der Waals surface area contributed by atoms with Crippen LogP contribution in [-0.2, 0) is 0 Å². The van der Waals surface area contributed by atoms with Crippen LogP contribution in [-0.4, -0.2) is 13.4 Å². The third-order valence-electron chi connectivity index (χ3n) is 1.55. The van der Waals surface area contributed by atoms with Crippen molar-refractivity contribution in [3.63, 3.8) is 0 Å². The van der Waals surface area contributed by atoms with E-state index in [0.717, 1.165) is 0 Å². The van der Waals surface area contributed by atoms with E-state index in [-0.39, 0.29) is 38.0 Å². The van der Waals surface area contributed by atoms with Crippen molar-refractivity contribution >= 4 is 19.2 Å². The number of aromatic nitrogens is 1. The fourth-order valence-corrected chi connectivity index (χ4v) is 1.03. The Morgan fingerprint density at radius 1 is 0.917 bits per heavy atom. The topological polar surface area (TPSA) is 12.9 Å². The molecule has 0 unspecified atom stereocenters. The number of benzene rings is 1. The molecule has 3 heteroatoms. The zero-order valence-electron chi connectivity index (χ0n) is 6.49. The van der Waals surface area contributed by atoms with Gasteiger partial charge in [0.1, 0.15) is 0 Å². The van der Waals surface area contributed by atoms with Crippen molar-refractivity contribution < 1.29 is 29.6 Å². The summed E-state index contributed by atoms with van der Waals surface area (Å²) in [5.74, 6) is 0. The summed E-state index contributed by atoms with van der Waals surface area (Å²) in [6.45, 7) is 0. The molecule has 0 aliphatic rings. The van der Waals surface area contributed by atoms with Crippen molar-refractivity contribution in [1.82, 2.24) is 4.98 Å². The average Bonchev–Trinajstić information content (AvgIpc) is 2.05. The van der Waals surface area contributed by atoms with Crippen LogP contribution in [0.15, 0.2) is 42.7 Å². The first-order valence-electron chi connectivity index (χ1n) is 3.25. The first kappa shape index (κ1) is 11.7. The average molecular weight is 167 g/mol. The molecule has 0 N–H and O–H groups in total. The van der Waals surface area contributed by atoms with Crippen molar-refractivity contribution in [2.45, 2.75) is 0 Å². The van der Waals surface area contributed by atoms with E-state index in [9.17, 15) is 0 Å². The molecule has 2 rings (SSSR count). The molecule has 0 saturated heterocycles. The quantitative estimate of drug-likeness (QED) is 0.405. The van der Waals surface area contributed by atoms with E-state index < -0.39 is 0 Å². The van der Waals surface area contributed by atoms with E-state index in [1.54, 1.807) is 0 Å². The molecule has 1 heterocycles. The van der Waals surface area contributed by atoms with E-state index in [4.69, 9.17) is 0 Å². The number of hydrogen-bond donors (Lipinski definition) is 0. The van der Waals surface area contributed by atoms with Gasteiger partial charge >= 0.3 is 29.6 Å². The molecule has 0 atom stereocenters. The number of fused-ring (bicyclic) bond motifs is 1. The van der Waals surface area contributed by atoms with Crippen LogP contribution < -0.4 is 29.6 Å². The zero-order chi connectivity index (χ0) is 6.81. The molecule has 0 amide bonds. The molecule has 0 aliphatic carbocycles. The van der Waals surface area contributed by atoms with Gasteiger partial charge in [0, 0.05) is 12.4 Å². The smallest absolute Gasteiger partial charge is 0.264 e. The number of nitrogens with zero attached hydrogens (tertiary/aromatic N) is 1. The van der Waals surface area contributed by atoms with Gasteiger partial charge in [-0.3, -0.25) is 4.98 Å². The van der Waals surface area contributed by atoms with Crippen LogP contribution in [0.25, 0.3) is 10.8 Å². The predicted molar refractivity (Wildman–Crippen MR) is 53.1 cm³/mol. The minimum atomic E-state index is 0. The minimum Gasteiger partial charge on any atom is -0.264 e. The van der Waals surface area contributed by atoms with Crippen LogP contribution in [0.1, 0.15) is 0 Å². The Bertz CT molecular complexity index is 286. The second-order valence-corrected chi connectivity index (χ2v) is 2.22. The van der Waals surface area contributed by atoms with Gasteiger partial charge in [-0.05, 0) is 16.8 Å². The summed E-state index contributed by atoms with van der Waals surface area (Å²) in [6, 6.07) is 10.2. The summed E-state index contributed by atoms with van der Waals surface area (Å²) in [4.78, 5) is 4.01. The van der Waals surface area contributed by atoms with E-state index in [0.29, 0.717) is 0 Å². The predicted octanol–water partition coefficient (Wildman–Crippen LogP) is -2.21. The Balaban J connectivity index is 0.000000605. The van der Waals surface area contributed by atoms with Crippen molar-refractivity contribution in [2.24, 2.45) is 0 Å². The van der Waals surface area contributed by atoms with Crippen molar-refractivity contribution in [3.8, 4) is 0 Å². The molecule has 1 aromatic carbocycles. The summed E-state index contributed by atoms with van der Waals surface area (Å²) in [5.41, 5.74) is 0. The van der Waals surface area contributed by atoms with Gasteiger partial charge < -0.3 is 0 Å². The monoisotopic (exact) mass is 167 g/mol. The fourth-order valence-electron chi connectivity index (χ4n) is 1.03. The van der Waals surface area contributed by atoms with Gasteiger partial charge in [0.15, 0.2) is 0 Å². The van der Waals surface area contributed by atoms with E-state index >= 15 is 0 Å². The molecule has 0 spiro atoms. The Labute approximate surface area is 96.1 Å². The molecule has 0 radical (unpaired) electrons. The Kier molecular flexibility index (Phi) is 5.22. The van der Waals surface area contributed by atoms with Crippen LogP contribution in [0.2, 0.25) is 0 Å². The largest absolute Gasteiger partial charge is 1.00 e. The van der Waals surface area contributed by atoms with Crippen molar-refractivity contribution in [1.29, 1.82) is 0 Å². The second-order valence-electron chi connectivity index (χ2n) is 2.22. The molecule has 2 aromatic rings. The normalized spacial score (nSPS) is 8.33. The SMILES string of the molecule is [BH4-].[Na+].c1ccc2cnccc2c1.